The van der Waals surface area contributed by atoms with Crippen LogP contribution in [0.25, 0.3) is 0 Å². The normalized spacial score (nSPS) is 16.8. The van der Waals surface area contributed by atoms with E-state index in [1.54, 1.807) is 0 Å². The maximum absolute atomic E-state index is 5.86. The van der Waals surface area contributed by atoms with Gasteiger partial charge >= 0.3 is 0 Å². The van der Waals surface area contributed by atoms with Crippen LogP contribution < -0.4 is 4.74 Å². The van der Waals surface area contributed by atoms with Gasteiger partial charge in [0.2, 0.25) is 0 Å². The Labute approximate surface area is 117 Å². The standard InChI is InChI=1S/C17H27NO/c1-15(2)16-8-6-9-17(14-16)19-13-7-12-18-10-4-3-5-11-18/h6,8-9,14-15H,3-5,7,10-13H2,1-2H3. The van der Waals surface area contributed by atoms with Gasteiger partial charge in [0.25, 0.3) is 0 Å². The van der Waals surface area contributed by atoms with Gasteiger partial charge in [0, 0.05) is 6.54 Å². The third kappa shape index (κ3) is 4.87. The Hall–Kier alpha value is -1.02. The molecule has 1 aromatic rings. The van der Waals surface area contributed by atoms with Crippen LogP contribution in [-0.4, -0.2) is 31.1 Å². The van der Waals surface area contributed by atoms with Crippen molar-refractivity contribution in [1.82, 2.24) is 4.90 Å². The highest BCUT2D eigenvalue weighted by Crippen LogP contribution is 2.20. The monoisotopic (exact) mass is 261 g/mol. The summed E-state index contributed by atoms with van der Waals surface area (Å²) in [7, 11) is 0. The second-order valence-electron chi connectivity index (χ2n) is 5.83. The van der Waals surface area contributed by atoms with E-state index in [9.17, 15) is 0 Å². The predicted octanol–water partition coefficient (Wildman–Crippen LogP) is 4.06. The van der Waals surface area contributed by atoms with Crippen molar-refractivity contribution in [2.24, 2.45) is 0 Å². The molecule has 106 valence electrons. The molecule has 0 radical (unpaired) electrons. The Bertz CT molecular complexity index is 369. The number of rotatable bonds is 6. The van der Waals surface area contributed by atoms with Crippen LogP contribution >= 0.6 is 0 Å². The third-order valence-electron chi connectivity index (χ3n) is 3.86. The summed E-state index contributed by atoms with van der Waals surface area (Å²) in [5.41, 5.74) is 1.36. The first-order chi connectivity index (χ1) is 9.25. The van der Waals surface area contributed by atoms with E-state index in [0.717, 1.165) is 18.8 Å². The fourth-order valence-electron chi connectivity index (χ4n) is 2.62. The molecule has 0 aliphatic carbocycles. The lowest BCUT2D eigenvalue weighted by molar-refractivity contribution is 0.205. The van der Waals surface area contributed by atoms with Gasteiger partial charge in [-0.3, -0.25) is 0 Å². The maximum Gasteiger partial charge on any atom is 0.119 e. The Kier molecular flexibility index (Phi) is 5.71. The molecule has 1 aliphatic heterocycles. The van der Waals surface area contributed by atoms with Gasteiger partial charge in [-0.15, -0.1) is 0 Å². The van der Waals surface area contributed by atoms with Crippen molar-refractivity contribution in [3.63, 3.8) is 0 Å². The van der Waals surface area contributed by atoms with Crippen molar-refractivity contribution in [3.8, 4) is 5.75 Å². The molecule has 1 saturated heterocycles. The molecule has 0 atom stereocenters. The number of piperidine rings is 1. The van der Waals surface area contributed by atoms with E-state index < -0.39 is 0 Å². The number of nitrogens with zero attached hydrogens (tertiary/aromatic N) is 1. The highest BCUT2D eigenvalue weighted by Gasteiger charge is 2.09. The first-order valence-corrected chi connectivity index (χ1v) is 7.71. The summed E-state index contributed by atoms with van der Waals surface area (Å²) in [5, 5.41) is 0. The second kappa shape index (κ2) is 7.54. The quantitative estimate of drug-likeness (QED) is 0.716. The summed E-state index contributed by atoms with van der Waals surface area (Å²) in [6, 6.07) is 8.50. The second-order valence-corrected chi connectivity index (χ2v) is 5.83. The van der Waals surface area contributed by atoms with E-state index in [-0.39, 0.29) is 0 Å². The van der Waals surface area contributed by atoms with Crippen molar-refractivity contribution in [1.29, 1.82) is 0 Å². The van der Waals surface area contributed by atoms with Crippen LogP contribution in [0.3, 0.4) is 0 Å². The molecule has 1 heterocycles. The van der Waals surface area contributed by atoms with Crippen molar-refractivity contribution in [3.05, 3.63) is 29.8 Å². The molecule has 0 saturated carbocycles. The Morgan fingerprint density at radius 3 is 2.68 bits per heavy atom. The molecule has 1 aromatic carbocycles. The van der Waals surface area contributed by atoms with Crippen molar-refractivity contribution < 1.29 is 4.74 Å². The van der Waals surface area contributed by atoms with E-state index >= 15 is 0 Å². The SMILES string of the molecule is CC(C)c1cccc(OCCCN2CCCCC2)c1. The van der Waals surface area contributed by atoms with Crippen molar-refractivity contribution in [2.75, 3.05) is 26.2 Å². The van der Waals surface area contributed by atoms with Gasteiger partial charge < -0.3 is 9.64 Å². The molecule has 0 unspecified atom stereocenters. The van der Waals surface area contributed by atoms with Gasteiger partial charge in [-0.1, -0.05) is 32.4 Å². The maximum atomic E-state index is 5.86. The zero-order chi connectivity index (χ0) is 13.5. The van der Waals surface area contributed by atoms with E-state index in [0.29, 0.717) is 5.92 Å². The Balaban J connectivity index is 1.68. The molecular weight excluding hydrogens is 234 g/mol. The molecule has 0 amide bonds. The average molecular weight is 261 g/mol. The molecule has 0 bridgehead atoms. The van der Waals surface area contributed by atoms with Crippen LogP contribution in [0.5, 0.6) is 5.75 Å². The number of benzene rings is 1. The molecule has 0 N–H and O–H groups in total. The fraction of sp³-hybridized carbons (Fsp3) is 0.647. The predicted molar refractivity (Wildman–Crippen MR) is 80.9 cm³/mol. The van der Waals surface area contributed by atoms with Gasteiger partial charge in [-0.25, -0.2) is 0 Å². The zero-order valence-corrected chi connectivity index (χ0v) is 12.4. The smallest absolute Gasteiger partial charge is 0.119 e. The van der Waals surface area contributed by atoms with Crippen LogP contribution in [-0.2, 0) is 0 Å². The van der Waals surface area contributed by atoms with Crippen molar-refractivity contribution >= 4 is 0 Å². The summed E-state index contributed by atoms with van der Waals surface area (Å²) in [5.74, 6) is 1.58. The molecular formula is C17H27NO. The lowest BCUT2D eigenvalue weighted by Gasteiger charge is -2.26. The largest absolute Gasteiger partial charge is 0.494 e. The molecule has 0 aromatic heterocycles. The van der Waals surface area contributed by atoms with Crippen LogP contribution in [0.4, 0.5) is 0 Å². The topological polar surface area (TPSA) is 12.5 Å². The molecule has 2 nitrogen and oxygen atoms in total. The number of likely N-dealkylation sites (tertiary alicyclic amines) is 1. The lowest BCUT2D eigenvalue weighted by Crippen LogP contribution is -2.31. The minimum absolute atomic E-state index is 0.567. The summed E-state index contributed by atoms with van der Waals surface area (Å²) in [6.07, 6.45) is 5.29. The van der Waals surface area contributed by atoms with Crippen LogP contribution in [0.15, 0.2) is 24.3 Å². The summed E-state index contributed by atoms with van der Waals surface area (Å²) in [6.45, 7) is 9.01. The average Bonchev–Trinajstić information content (AvgIpc) is 2.45. The van der Waals surface area contributed by atoms with E-state index in [1.165, 1.54) is 44.5 Å². The molecule has 2 rings (SSSR count). The van der Waals surface area contributed by atoms with Gasteiger partial charge in [-0.2, -0.15) is 0 Å². The summed E-state index contributed by atoms with van der Waals surface area (Å²) >= 11 is 0. The molecule has 19 heavy (non-hydrogen) atoms. The third-order valence-corrected chi connectivity index (χ3v) is 3.86. The highest BCUT2D eigenvalue weighted by atomic mass is 16.5. The van der Waals surface area contributed by atoms with Gasteiger partial charge in [0.05, 0.1) is 6.61 Å². The molecule has 2 heteroatoms. The van der Waals surface area contributed by atoms with E-state index in [1.807, 2.05) is 0 Å². The minimum atomic E-state index is 0.567. The molecule has 1 aliphatic rings. The van der Waals surface area contributed by atoms with Gasteiger partial charge in [0.1, 0.15) is 5.75 Å². The minimum Gasteiger partial charge on any atom is -0.494 e. The summed E-state index contributed by atoms with van der Waals surface area (Å²) < 4.78 is 5.86. The van der Waals surface area contributed by atoms with Gasteiger partial charge in [-0.05, 0) is 56.0 Å². The number of ether oxygens (including phenoxy) is 1. The first-order valence-electron chi connectivity index (χ1n) is 7.71. The molecule has 1 fully saturated rings. The first kappa shape index (κ1) is 14.4. The van der Waals surface area contributed by atoms with Gasteiger partial charge in [0.15, 0.2) is 0 Å². The number of hydrogen-bond acceptors (Lipinski definition) is 2. The Morgan fingerprint density at radius 1 is 1.16 bits per heavy atom. The van der Waals surface area contributed by atoms with E-state index in [4.69, 9.17) is 4.74 Å². The van der Waals surface area contributed by atoms with Crippen LogP contribution in [0.2, 0.25) is 0 Å². The van der Waals surface area contributed by atoms with Crippen molar-refractivity contribution in [2.45, 2.75) is 45.4 Å². The highest BCUT2D eigenvalue weighted by molar-refractivity contribution is 5.30. The Morgan fingerprint density at radius 2 is 1.95 bits per heavy atom. The molecule has 0 spiro atoms. The lowest BCUT2D eigenvalue weighted by atomic mass is 10.0. The zero-order valence-electron chi connectivity index (χ0n) is 12.4. The number of hydrogen-bond donors (Lipinski definition) is 0. The van der Waals surface area contributed by atoms with E-state index in [2.05, 4.69) is 43.0 Å². The van der Waals surface area contributed by atoms with Crippen LogP contribution in [0.1, 0.15) is 51.0 Å². The van der Waals surface area contributed by atoms with Crippen LogP contribution in [0, 0.1) is 0 Å². The fourth-order valence-corrected chi connectivity index (χ4v) is 2.62. The summed E-state index contributed by atoms with van der Waals surface area (Å²) in [4.78, 5) is 2.57.